The van der Waals surface area contributed by atoms with E-state index in [0.717, 1.165) is 12.1 Å². The molecular weight excluding hydrogens is 262 g/mol. The van der Waals surface area contributed by atoms with Crippen molar-refractivity contribution in [3.63, 3.8) is 0 Å². The van der Waals surface area contributed by atoms with E-state index >= 15 is 0 Å². The average Bonchev–Trinajstić information content (AvgIpc) is 2.32. The zero-order valence-corrected chi connectivity index (χ0v) is 9.54. The van der Waals surface area contributed by atoms with Crippen LogP contribution in [0.3, 0.4) is 0 Å². The van der Waals surface area contributed by atoms with E-state index in [1.807, 2.05) is 0 Å². The highest BCUT2D eigenvalue weighted by Crippen LogP contribution is 2.27. The lowest BCUT2D eigenvalue weighted by Crippen LogP contribution is -2.16. The van der Waals surface area contributed by atoms with Crippen molar-refractivity contribution >= 4 is 5.69 Å². The van der Waals surface area contributed by atoms with Gasteiger partial charge in [0.2, 0.25) is 0 Å². The molecule has 0 radical (unpaired) electrons. The molecule has 100 valence electrons. The van der Waals surface area contributed by atoms with E-state index in [9.17, 15) is 17.6 Å². The molecule has 2 rings (SSSR count). The van der Waals surface area contributed by atoms with Crippen molar-refractivity contribution in [1.82, 2.24) is 0 Å². The number of halogens is 4. The summed E-state index contributed by atoms with van der Waals surface area (Å²) in [5, 5.41) is 0. The Morgan fingerprint density at radius 2 is 1.47 bits per heavy atom. The molecule has 2 N–H and O–H groups in total. The number of anilines is 1. The molecule has 0 aliphatic rings. The Balaban J connectivity index is 2.25. The lowest BCUT2D eigenvalue weighted by molar-refractivity contribution is -0.274. The van der Waals surface area contributed by atoms with Crippen LogP contribution in [0.25, 0.3) is 11.1 Å². The zero-order valence-electron chi connectivity index (χ0n) is 9.54. The Labute approximate surface area is 106 Å². The van der Waals surface area contributed by atoms with E-state index in [1.165, 1.54) is 24.3 Å². The van der Waals surface area contributed by atoms with Gasteiger partial charge in [-0.25, -0.2) is 4.39 Å². The summed E-state index contributed by atoms with van der Waals surface area (Å²) in [5.41, 5.74) is 6.44. The van der Waals surface area contributed by atoms with Gasteiger partial charge in [0.15, 0.2) is 0 Å². The summed E-state index contributed by atoms with van der Waals surface area (Å²) in [7, 11) is 0. The molecule has 0 unspecified atom stereocenters. The van der Waals surface area contributed by atoms with Gasteiger partial charge in [0.25, 0.3) is 0 Å². The molecule has 0 saturated heterocycles. The normalized spacial score (nSPS) is 11.4. The van der Waals surface area contributed by atoms with Gasteiger partial charge in [0, 0.05) is 0 Å². The lowest BCUT2D eigenvalue weighted by Gasteiger charge is -2.09. The van der Waals surface area contributed by atoms with Crippen LogP contribution in [0.2, 0.25) is 0 Å². The standard InChI is InChI=1S/C13H9F4NO/c14-11-7-9(3-6-12(11)18)8-1-4-10(5-2-8)19-13(15,16)17/h1-7H,18H2. The molecule has 0 aliphatic heterocycles. The van der Waals surface area contributed by atoms with Crippen molar-refractivity contribution in [2.75, 3.05) is 5.73 Å². The minimum atomic E-state index is -4.73. The number of alkyl halides is 3. The van der Waals surface area contributed by atoms with Crippen LogP contribution < -0.4 is 10.5 Å². The highest BCUT2D eigenvalue weighted by Gasteiger charge is 2.30. The maximum Gasteiger partial charge on any atom is 0.573 e. The molecule has 0 heterocycles. The number of hydrogen-bond donors (Lipinski definition) is 1. The Hall–Kier alpha value is -2.24. The molecule has 19 heavy (non-hydrogen) atoms. The van der Waals surface area contributed by atoms with Gasteiger partial charge in [-0.3, -0.25) is 0 Å². The Morgan fingerprint density at radius 1 is 0.895 bits per heavy atom. The van der Waals surface area contributed by atoms with Gasteiger partial charge < -0.3 is 10.5 Å². The molecular formula is C13H9F4NO. The van der Waals surface area contributed by atoms with Crippen LogP contribution in [-0.2, 0) is 0 Å². The van der Waals surface area contributed by atoms with E-state index in [-0.39, 0.29) is 11.4 Å². The summed E-state index contributed by atoms with van der Waals surface area (Å²) < 4.78 is 52.9. The van der Waals surface area contributed by atoms with Crippen LogP contribution in [0.1, 0.15) is 0 Å². The first-order valence-electron chi connectivity index (χ1n) is 5.26. The van der Waals surface area contributed by atoms with Gasteiger partial charge in [-0.1, -0.05) is 18.2 Å². The van der Waals surface area contributed by atoms with Crippen molar-refractivity contribution in [3.05, 3.63) is 48.3 Å². The number of benzene rings is 2. The maximum absolute atomic E-state index is 13.3. The van der Waals surface area contributed by atoms with Gasteiger partial charge >= 0.3 is 6.36 Å². The van der Waals surface area contributed by atoms with Crippen molar-refractivity contribution in [2.24, 2.45) is 0 Å². The first kappa shape index (κ1) is 13.2. The zero-order chi connectivity index (χ0) is 14.0. The quantitative estimate of drug-likeness (QED) is 0.662. The minimum absolute atomic E-state index is 0.0146. The summed E-state index contributed by atoms with van der Waals surface area (Å²) in [6.45, 7) is 0. The molecule has 0 aromatic heterocycles. The van der Waals surface area contributed by atoms with Crippen LogP contribution in [0, 0.1) is 5.82 Å². The van der Waals surface area contributed by atoms with Gasteiger partial charge in [0.05, 0.1) is 5.69 Å². The Morgan fingerprint density at radius 3 is 2.00 bits per heavy atom. The number of hydrogen-bond acceptors (Lipinski definition) is 2. The second kappa shape index (κ2) is 4.79. The molecule has 0 spiro atoms. The first-order chi connectivity index (χ1) is 8.85. The number of nitrogen functional groups attached to an aromatic ring is 1. The molecule has 2 nitrogen and oxygen atoms in total. The first-order valence-corrected chi connectivity index (χ1v) is 5.26. The van der Waals surface area contributed by atoms with Crippen molar-refractivity contribution in [3.8, 4) is 16.9 Å². The van der Waals surface area contributed by atoms with Crippen molar-refractivity contribution < 1.29 is 22.3 Å². The van der Waals surface area contributed by atoms with Crippen LogP contribution in [0.15, 0.2) is 42.5 Å². The summed E-state index contributed by atoms with van der Waals surface area (Å²) >= 11 is 0. The summed E-state index contributed by atoms with van der Waals surface area (Å²) in [4.78, 5) is 0. The number of rotatable bonds is 2. The highest BCUT2D eigenvalue weighted by molar-refractivity contribution is 5.66. The monoisotopic (exact) mass is 271 g/mol. The fraction of sp³-hybridized carbons (Fsp3) is 0.0769. The largest absolute Gasteiger partial charge is 0.573 e. The second-order valence-electron chi connectivity index (χ2n) is 3.81. The van der Waals surface area contributed by atoms with Crippen LogP contribution in [-0.4, -0.2) is 6.36 Å². The van der Waals surface area contributed by atoms with E-state index in [2.05, 4.69) is 4.74 Å². The van der Waals surface area contributed by atoms with Gasteiger partial charge in [0.1, 0.15) is 11.6 Å². The van der Waals surface area contributed by atoms with Crippen molar-refractivity contribution in [1.29, 1.82) is 0 Å². The molecule has 2 aromatic rings. The lowest BCUT2D eigenvalue weighted by atomic mass is 10.1. The molecule has 0 atom stereocenters. The molecule has 0 saturated carbocycles. The fourth-order valence-electron chi connectivity index (χ4n) is 1.56. The van der Waals surface area contributed by atoms with E-state index in [0.29, 0.717) is 11.1 Å². The third-order valence-electron chi connectivity index (χ3n) is 2.42. The molecule has 0 bridgehead atoms. The van der Waals surface area contributed by atoms with Crippen LogP contribution in [0.5, 0.6) is 5.75 Å². The molecule has 0 amide bonds. The van der Waals surface area contributed by atoms with E-state index in [4.69, 9.17) is 5.73 Å². The molecule has 0 fully saturated rings. The van der Waals surface area contributed by atoms with Gasteiger partial charge in [-0.05, 0) is 35.4 Å². The Kier molecular flexibility index (Phi) is 3.33. The topological polar surface area (TPSA) is 35.2 Å². The molecule has 2 aromatic carbocycles. The van der Waals surface area contributed by atoms with Gasteiger partial charge in [-0.15, -0.1) is 13.2 Å². The average molecular weight is 271 g/mol. The second-order valence-corrected chi connectivity index (χ2v) is 3.81. The van der Waals surface area contributed by atoms with E-state index in [1.54, 1.807) is 6.07 Å². The molecule has 0 aliphatic carbocycles. The number of nitrogens with two attached hydrogens (primary N) is 1. The SMILES string of the molecule is Nc1ccc(-c2ccc(OC(F)(F)F)cc2)cc1F. The summed E-state index contributed by atoms with van der Waals surface area (Å²) in [6, 6.07) is 9.34. The fourth-order valence-corrected chi connectivity index (χ4v) is 1.56. The summed E-state index contributed by atoms with van der Waals surface area (Å²) in [5.74, 6) is -0.903. The predicted molar refractivity (Wildman–Crippen MR) is 62.9 cm³/mol. The smallest absolute Gasteiger partial charge is 0.406 e. The van der Waals surface area contributed by atoms with Crippen LogP contribution >= 0.6 is 0 Å². The van der Waals surface area contributed by atoms with Crippen LogP contribution in [0.4, 0.5) is 23.2 Å². The third kappa shape index (κ3) is 3.37. The number of ether oxygens (including phenoxy) is 1. The predicted octanol–water partition coefficient (Wildman–Crippen LogP) is 3.97. The highest BCUT2D eigenvalue weighted by atomic mass is 19.4. The Bertz CT molecular complexity index is 578. The van der Waals surface area contributed by atoms with Crippen molar-refractivity contribution in [2.45, 2.75) is 6.36 Å². The maximum atomic E-state index is 13.3. The third-order valence-corrected chi connectivity index (χ3v) is 2.42. The van der Waals surface area contributed by atoms with Gasteiger partial charge in [-0.2, -0.15) is 0 Å². The van der Waals surface area contributed by atoms with E-state index < -0.39 is 12.2 Å². The summed E-state index contributed by atoms with van der Waals surface area (Å²) in [6.07, 6.45) is -4.73. The minimum Gasteiger partial charge on any atom is -0.406 e. The molecule has 6 heteroatoms.